The fraction of sp³-hybridized carbons (Fsp3) is 0.296. The first kappa shape index (κ1) is 20.9. The maximum absolute atomic E-state index is 7.60. The third-order valence-electron chi connectivity index (χ3n) is 6.54. The zero-order chi connectivity index (χ0) is 24.2. The Morgan fingerprint density at radius 1 is 1.06 bits per heavy atom. The van der Waals surface area contributed by atoms with Gasteiger partial charge in [0.05, 0.1) is 25.6 Å². The number of anilines is 1. The van der Waals surface area contributed by atoms with E-state index in [-0.39, 0.29) is 17.9 Å². The zero-order valence-corrected chi connectivity index (χ0v) is 19.2. The molecule has 1 aliphatic carbocycles. The van der Waals surface area contributed by atoms with Crippen LogP contribution >= 0.6 is 0 Å². The highest BCUT2D eigenvalue weighted by molar-refractivity contribution is 5.77. The average molecular weight is 458 g/mol. The van der Waals surface area contributed by atoms with Gasteiger partial charge in [-0.1, -0.05) is 74.2 Å². The van der Waals surface area contributed by atoms with E-state index in [2.05, 4.69) is 46.3 Å². The van der Waals surface area contributed by atoms with E-state index in [0.29, 0.717) is 42.8 Å². The fourth-order valence-corrected chi connectivity index (χ4v) is 4.67. The van der Waals surface area contributed by atoms with Crippen molar-refractivity contribution in [3.8, 4) is 5.88 Å². The Morgan fingerprint density at radius 3 is 2.47 bits per heavy atom. The minimum Gasteiger partial charge on any atom is -0.471 e. The van der Waals surface area contributed by atoms with Crippen LogP contribution in [0.15, 0.2) is 79.1 Å². The first-order valence-electron chi connectivity index (χ1n) is 12.0. The molecule has 4 aromatic rings. The van der Waals surface area contributed by atoms with Crippen LogP contribution in [0.4, 0.5) is 5.95 Å². The number of hydrogen-bond donors (Lipinski definition) is 1. The third kappa shape index (κ3) is 4.52. The molecule has 7 heteroatoms. The molecule has 5 rings (SSSR count). The van der Waals surface area contributed by atoms with Crippen molar-refractivity contribution in [2.75, 3.05) is 12.3 Å². The van der Waals surface area contributed by atoms with Gasteiger partial charge in [-0.15, -0.1) is 0 Å². The minimum absolute atomic E-state index is 0.0378. The second-order valence-corrected chi connectivity index (χ2v) is 8.86. The summed E-state index contributed by atoms with van der Waals surface area (Å²) in [5.74, 6) is 1.17. The van der Waals surface area contributed by atoms with E-state index >= 15 is 0 Å². The van der Waals surface area contributed by atoms with Gasteiger partial charge >= 0.3 is 0 Å². The highest BCUT2D eigenvalue weighted by atomic mass is 16.5. The molecule has 1 fully saturated rings. The van der Waals surface area contributed by atoms with Gasteiger partial charge in [0.15, 0.2) is 12.6 Å². The number of nitrogen functional groups attached to an aromatic ring is 1. The van der Waals surface area contributed by atoms with Crippen molar-refractivity contribution in [2.24, 2.45) is 11.8 Å². The molecule has 0 aliphatic heterocycles. The van der Waals surface area contributed by atoms with E-state index in [0.717, 1.165) is 23.1 Å². The van der Waals surface area contributed by atoms with Gasteiger partial charge in [0.2, 0.25) is 11.8 Å². The number of benzene rings is 2. The predicted molar refractivity (Wildman–Crippen MR) is 132 cm³/mol. The van der Waals surface area contributed by atoms with E-state index < -0.39 is 0 Å². The minimum atomic E-state index is 0.0378. The number of nitrogens with two attached hydrogens (primary N) is 1. The molecule has 1 saturated carbocycles. The summed E-state index contributed by atoms with van der Waals surface area (Å²) in [5, 5.41) is 0. The van der Waals surface area contributed by atoms with Crippen LogP contribution in [0.3, 0.4) is 0 Å². The SMILES string of the molecule is [3H]Nc1nc(OCc2ccccc2)c2ncn([C@H]3C[C@H](C)[C@@H](COCc4ccccc4)C3=C)c2n1. The van der Waals surface area contributed by atoms with Gasteiger partial charge < -0.3 is 19.8 Å². The molecule has 2 aromatic carbocycles. The van der Waals surface area contributed by atoms with Gasteiger partial charge in [0.25, 0.3) is 0 Å². The molecule has 0 radical (unpaired) electrons. The Morgan fingerprint density at radius 2 is 1.76 bits per heavy atom. The molecule has 1 aliphatic rings. The molecule has 7 nitrogen and oxygen atoms in total. The Bertz CT molecular complexity index is 1300. The molecule has 2 heterocycles. The molecule has 174 valence electrons. The molecule has 3 atom stereocenters. The monoisotopic (exact) mass is 457 g/mol. The summed E-state index contributed by atoms with van der Waals surface area (Å²) in [5.41, 5.74) is 6.80. The van der Waals surface area contributed by atoms with E-state index in [1.54, 1.807) is 6.33 Å². The smallest absolute Gasteiger partial charge is 0.247 e. The van der Waals surface area contributed by atoms with Crippen LogP contribution in [0.5, 0.6) is 5.88 Å². The molecule has 0 saturated heterocycles. The molecular formula is C27H29N5O2. The summed E-state index contributed by atoms with van der Waals surface area (Å²) in [6.07, 6.45) is 2.69. The van der Waals surface area contributed by atoms with Gasteiger partial charge in [0.1, 0.15) is 6.61 Å². The summed E-state index contributed by atoms with van der Waals surface area (Å²) in [7, 11) is 0. The number of fused-ring (bicyclic) bond motifs is 1. The standard InChI is InChI=1S/C27H29N5O2/c1-18-13-23(19(2)22(18)16-33-14-20-9-5-3-6-10-20)32-17-29-24-25(32)30-27(28)31-26(24)34-15-21-11-7-4-8-12-21/h3-12,17-18,22-23H,2,13-16H2,1H3,(H2,28,30,31)/t18-,22+,23-/m0/s1/i/hT. The molecule has 0 unspecified atom stereocenters. The van der Waals surface area contributed by atoms with E-state index in [1.807, 2.05) is 53.1 Å². The second kappa shape index (κ2) is 9.65. The van der Waals surface area contributed by atoms with Crippen molar-refractivity contribution < 1.29 is 10.9 Å². The first-order chi connectivity index (χ1) is 17.1. The van der Waals surface area contributed by atoms with Crippen molar-refractivity contribution in [3.05, 3.63) is 90.3 Å². The summed E-state index contributed by atoms with van der Waals surface area (Å²) in [6.45, 7) is 8.24. The van der Waals surface area contributed by atoms with Crippen LogP contribution in [-0.2, 0) is 18.0 Å². The number of aromatic nitrogens is 4. The van der Waals surface area contributed by atoms with Crippen LogP contribution in [0.25, 0.3) is 11.2 Å². The van der Waals surface area contributed by atoms with Crippen molar-refractivity contribution >= 4 is 17.1 Å². The number of ether oxygens (including phenoxy) is 2. The maximum Gasteiger partial charge on any atom is 0.247 e. The van der Waals surface area contributed by atoms with Crippen LogP contribution in [0.1, 0.15) is 30.5 Å². The quantitative estimate of drug-likeness (QED) is 0.358. The molecule has 0 bridgehead atoms. The lowest BCUT2D eigenvalue weighted by atomic mass is 9.96. The van der Waals surface area contributed by atoms with E-state index in [9.17, 15) is 0 Å². The lowest BCUT2D eigenvalue weighted by molar-refractivity contribution is 0.0872. The van der Waals surface area contributed by atoms with Gasteiger partial charge in [-0.25, -0.2) is 4.98 Å². The van der Waals surface area contributed by atoms with Crippen molar-refractivity contribution in [3.63, 3.8) is 0 Å². The first-order valence-corrected chi connectivity index (χ1v) is 11.5. The number of hydrogen-bond acceptors (Lipinski definition) is 6. The summed E-state index contributed by atoms with van der Waals surface area (Å²) in [4.78, 5) is 13.5. The van der Waals surface area contributed by atoms with Crippen LogP contribution in [-0.4, -0.2) is 26.1 Å². The number of rotatable bonds is 9. The maximum atomic E-state index is 7.60. The predicted octanol–water partition coefficient (Wildman–Crippen LogP) is 4.96. The summed E-state index contributed by atoms with van der Waals surface area (Å²) >= 11 is 0. The summed E-state index contributed by atoms with van der Waals surface area (Å²) < 4.78 is 21.7. The highest BCUT2D eigenvalue weighted by Gasteiger charge is 2.37. The van der Waals surface area contributed by atoms with E-state index in [1.165, 1.54) is 0 Å². The zero-order valence-electron chi connectivity index (χ0n) is 20.2. The Kier molecular flexibility index (Phi) is 5.92. The van der Waals surface area contributed by atoms with Crippen LogP contribution < -0.4 is 10.5 Å². The lowest BCUT2D eigenvalue weighted by Gasteiger charge is -2.18. The summed E-state index contributed by atoms with van der Waals surface area (Å²) in [6, 6.07) is 20.1. The van der Waals surface area contributed by atoms with Gasteiger partial charge in [-0.2, -0.15) is 9.97 Å². The third-order valence-corrected chi connectivity index (χ3v) is 6.54. The molecule has 0 amide bonds. The Hall–Kier alpha value is -3.71. The number of nitrogens with zero attached hydrogens (tertiary/aromatic N) is 4. The van der Waals surface area contributed by atoms with Crippen molar-refractivity contribution in [1.29, 1.82) is 0 Å². The van der Waals surface area contributed by atoms with Gasteiger partial charge in [0, 0.05) is 5.92 Å². The Balaban J connectivity index is 1.34. The molecule has 2 N–H and O–H groups in total. The fourth-order valence-electron chi connectivity index (χ4n) is 4.67. The molecule has 2 aromatic heterocycles. The van der Waals surface area contributed by atoms with Crippen LogP contribution in [0.2, 0.25) is 1.41 Å². The average Bonchev–Trinajstić information content (AvgIpc) is 3.44. The van der Waals surface area contributed by atoms with Gasteiger partial charge in [-0.3, -0.25) is 0 Å². The van der Waals surface area contributed by atoms with Crippen molar-refractivity contribution in [2.45, 2.75) is 32.6 Å². The van der Waals surface area contributed by atoms with Crippen molar-refractivity contribution in [1.82, 2.24) is 19.5 Å². The van der Waals surface area contributed by atoms with E-state index in [4.69, 9.17) is 10.9 Å². The largest absolute Gasteiger partial charge is 0.471 e. The van der Waals surface area contributed by atoms with Crippen LogP contribution in [0, 0.1) is 11.8 Å². The number of imidazole rings is 1. The Labute approximate surface area is 200 Å². The second-order valence-electron chi connectivity index (χ2n) is 8.86. The molecule has 34 heavy (non-hydrogen) atoms. The molecular weight excluding hydrogens is 426 g/mol. The topological polar surface area (TPSA) is 88.1 Å². The van der Waals surface area contributed by atoms with Gasteiger partial charge in [-0.05, 0) is 29.0 Å². The highest BCUT2D eigenvalue weighted by Crippen LogP contribution is 2.44. The normalized spacial score (nSPS) is 20.4. The molecule has 0 spiro atoms. The lowest BCUT2D eigenvalue weighted by Crippen LogP contribution is -2.15.